The van der Waals surface area contributed by atoms with Crippen molar-refractivity contribution >= 4 is 23.0 Å². The first kappa shape index (κ1) is 16.0. The summed E-state index contributed by atoms with van der Waals surface area (Å²) in [4.78, 5) is 8.70. The first-order chi connectivity index (χ1) is 12.2. The van der Waals surface area contributed by atoms with Gasteiger partial charge in [0.15, 0.2) is 0 Å². The van der Waals surface area contributed by atoms with E-state index in [1.165, 1.54) is 0 Å². The van der Waals surface area contributed by atoms with E-state index >= 15 is 0 Å². The summed E-state index contributed by atoms with van der Waals surface area (Å²) in [6.45, 7) is 1.78. The van der Waals surface area contributed by atoms with Crippen LogP contribution < -0.4 is 10.6 Å². The maximum absolute atomic E-state index is 9.19. The van der Waals surface area contributed by atoms with Gasteiger partial charge in [0.25, 0.3) is 0 Å². The van der Waals surface area contributed by atoms with E-state index in [9.17, 15) is 10.5 Å². The Morgan fingerprint density at radius 2 is 1.20 bits per heavy atom. The number of nitrogens with one attached hydrogen (secondary N) is 2. The molecule has 3 aromatic rings. The van der Waals surface area contributed by atoms with Gasteiger partial charge in [0, 0.05) is 6.07 Å². The Morgan fingerprint density at radius 1 is 0.760 bits per heavy atom. The molecule has 0 unspecified atom stereocenters. The molecule has 0 amide bonds. The molecule has 0 saturated carbocycles. The Morgan fingerprint density at radius 3 is 1.64 bits per heavy atom. The van der Waals surface area contributed by atoms with Crippen LogP contribution in [0.2, 0.25) is 0 Å². The average molecular weight is 326 g/mol. The maximum atomic E-state index is 9.19. The molecule has 120 valence electrons. The summed E-state index contributed by atoms with van der Waals surface area (Å²) in [5, 5.41) is 24.7. The molecule has 25 heavy (non-hydrogen) atoms. The van der Waals surface area contributed by atoms with Crippen molar-refractivity contribution in [2.24, 2.45) is 0 Å². The molecule has 0 spiro atoms. The van der Waals surface area contributed by atoms with E-state index in [1.807, 2.05) is 24.3 Å². The highest BCUT2D eigenvalue weighted by Gasteiger charge is 2.07. The Balaban J connectivity index is 1.91. The summed E-state index contributed by atoms with van der Waals surface area (Å²) in [6.07, 6.45) is 0. The van der Waals surface area contributed by atoms with Gasteiger partial charge in [-0.2, -0.15) is 10.5 Å². The van der Waals surface area contributed by atoms with E-state index in [2.05, 4.69) is 32.7 Å². The van der Waals surface area contributed by atoms with Crippen LogP contribution >= 0.6 is 0 Å². The van der Waals surface area contributed by atoms with Gasteiger partial charge < -0.3 is 10.6 Å². The minimum Gasteiger partial charge on any atom is -0.339 e. The Kier molecular flexibility index (Phi) is 4.55. The van der Waals surface area contributed by atoms with Crippen LogP contribution in [0.3, 0.4) is 0 Å². The lowest BCUT2D eigenvalue weighted by atomic mass is 10.2. The van der Waals surface area contributed by atoms with Crippen molar-refractivity contribution in [3.8, 4) is 12.1 Å². The molecule has 0 radical (unpaired) electrons. The van der Waals surface area contributed by atoms with E-state index in [0.29, 0.717) is 40.0 Å². The van der Waals surface area contributed by atoms with Crippen molar-refractivity contribution in [1.29, 1.82) is 10.5 Å². The van der Waals surface area contributed by atoms with Gasteiger partial charge in [-0.05, 0) is 31.2 Å². The van der Waals surface area contributed by atoms with Crippen molar-refractivity contribution in [1.82, 2.24) is 9.97 Å². The van der Waals surface area contributed by atoms with Crippen LogP contribution in [-0.4, -0.2) is 9.97 Å². The van der Waals surface area contributed by atoms with Crippen LogP contribution in [0.1, 0.15) is 17.0 Å². The van der Waals surface area contributed by atoms with Gasteiger partial charge in [-0.1, -0.05) is 24.3 Å². The summed E-state index contributed by atoms with van der Waals surface area (Å²) in [5.41, 5.74) is 2.41. The van der Waals surface area contributed by atoms with Gasteiger partial charge in [-0.3, -0.25) is 0 Å². The lowest BCUT2D eigenvalue weighted by Crippen LogP contribution is -2.03. The fourth-order valence-corrected chi connectivity index (χ4v) is 2.35. The summed E-state index contributed by atoms with van der Waals surface area (Å²) < 4.78 is 0. The molecule has 6 heteroatoms. The highest BCUT2D eigenvalue weighted by molar-refractivity contribution is 5.69. The number of aryl methyl sites for hydroxylation is 1. The lowest BCUT2D eigenvalue weighted by molar-refractivity contribution is 1.06. The second-order valence-electron chi connectivity index (χ2n) is 5.25. The van der Waals surface area contributed by atoms with E-state index < -0.39 is 0 Å². The number of benzene rings is 2. The predicted molar refractivity (Wildman–Crippen MR) is 95.6 cm³/mol. The van der Waals surface area contributed by atoms with Crippen molar-refractivity contribution in [2.45, 2.75) is 6.92 Å². The van der Waals surface area contributed by atoms with Gasteiger partial charge in [0.2, 0.25) is 0 Å². The molecule has 0 atom stereocenters. The van der Waals surface area contributed by atoms with Crippen molar-refractivity contribution in [3.63, 3.8) is 0 Å². The zero-order chi connectivity index (χ0) is 17.6. The summed E-state index contributed by atoms with van der Waals surface area (Å²) >= 11 is 0. The quantitative estimate of drug-likeness (QED) is 0.751. The Bertz CT molecular complexity index is 920. The summed E-state index contributed by atoms with van der Waals surface area (Å²) in [6, 6.07) is 20.4. The number of rotatable bonds is 4. The summed E-state index contributed by atoms with van der Waals surface area (Å²) in [5.74, 6) is 1.69. The Labute approximate surface area is 145 Å². The van der Waals surface area contributed by atoms with Gasteiger partial charge in [-0.25, -0.2) is 9.97 Å². The number of aromatic nitrogens is 2. The molecular weight excluding hydrogens is 312 g/mol. The number of hydrogen-bond acceptors (Lipinski definition) is 6. The smallest absolute Gasteiger partial charge is 0.136 e. The number of nitriles is 2. The molecule has 0 bridgehead atoms. The van der Waals surface area contributed by atoms with E-state index in [1.54, 1.807) is 37.3 Å². The summed E-state index contributed by atoms with van der Waals surface area (Å²) in [7, 11) is 0. The van der Waals surface area contributed by atoms with Gasteiger partial charge >= 0.3 is 0 Å². The van der Waals surface area contributed by atoms with Crippen LogP contribution in [0.15, 0.2) is 54.6 Å². The number of hydrogen-bond donors (Lipinski definition) is 2. The van der Waals surface area contributed by atoms with Gasteiger partial charge in [0.05, 0.1) is 22.5 Å². The third-order valence-corrected chi connectivity index (χ3v) is 3.46. The average Bonchev–Trinajstić information content (AvgIpc) is 2.62. The monoisotopic (exact) mass is 326 g/mol. The lowest BCUT2D eigenvalue weighted by Gasteiger charge is -2.11. The second kappa shape index (κ2) is 7.12. The minimum absolute atomic E-state index is 0.531. The van der Waals surface area contributed by atoms with Crippen LogP contribution in [-0.2, 0) is 0 Å². The molecule has 1 heterocycles. The van der Waals surface area contributed by atoms with E-state index in [0.717, 1.165) is 0 Å². The van der Waals surface area contributed by atoms with E-state index in [-0.39, 0.29) is 0 Å². The topological polar surface area (TPSA) is 97.4 Å². The molecule has 0 fully saturated rings. The molecule has 0 aliphatic heterocycles. The molecule has 2 aromatic carbocycles. The number of nitrogens with zero attached hydrogens (tertiary/aromatic N) is 4. The van der Waals surface area contributed by atoms with Crippen LogP contribution in [0.25, 0.3) is 0 Å². The molecule has 0 aliphatic carbocycles. The third kappa shape index (κ3) is 3.72. The van der Waals surface area contributed by atoms with E-state index in [4.69, 9.17) is 0 Å². The van der Waals surface area contributed by atoms with Crippen LogP contribution in [0.4, 0.5) is 23.0 Å². The standard InChI is InChI=1S/C19H14N6/c1-13-22-18(24-16-8-4-2-6-14(16)11-20)10-19(23-13)25-17-9-5-3-7-15(17)12-21/h2-10H,1H3,(H2,22,23,24,25). The maximum Gasteiger partial charge on any atom is 0.136 e. The zero-order valence-electron chi connectivity index (χ0n) is 13.5. The first-order valence-corrected chi connectivity index (χ1v) is 7.57. The van der Waals surface area contributed by atoms with Crippen molar-refractivity contribution < 1.29 is 0 Å². The Hall–Kier alpha value is -3.90. The molecule has 2 N–H and O–H groups in total. The molecule has 0 aliphatic rings. The number of anilines is 4. The predicted octanol–water partition coefficient (Wildman–Crippen LogP) is 4.02. The zero-order valence-corrected chi connectivity index (χ0v) is 13.5. The fourth-order valence-electron chi connectivity index (χ4n) is 2.35. The third-order valence-electron chi connectivity index (χ3n) is 3.46. The molecular formula is C19H14N6. The molecule has 6 nitrogen and oxygen atoms in total. The van der Waals surface area contributed by atoms with Gasteiger partial charge in [-0.15, -0.1) is 0 Å². The minimum atomic E-state index is 0.531. The first-order valence-electron chi connectivity index (χ1n) is 7.57. The van der Waals surface area contributed by atoms with Crippen molar-refractivity contribution in [3.05, 3.63) is 71.5 Å². The molecule has 0 saturated heterocycles. The van der Waals surface area contributed by atoms with Crippen LogP contribution in [0, 0.1) is 29.6 Å². The SMILES string of the molecule is Cc1nc(Nc2ccccc2C#N)cc(Nc2ccccc2C#N)n1. The highest BCUT2D eigenvalue weighted by Crippen LogP contribution is 2.23. The number of para-hydroxylation sites is 2. The fraction of sp³-hybridized carbons (Fsp3) is 0.0526. The van der Waals surface area contributed by atoms with Gasteiger partial charge in [0.1, 0.15) is 29.6 Å². The largest absolute Gasteiger partial charge is 0.339 e. The van der Waals surface area contributed by atoms with Crippen molar-refractivity contribution in [2.75, 3.05) is 10.6 Å². The molecule has 3 rings (SSSR count). The van der Waals surface area contributed by atoms with Crippen LogP contribution in [0.5, 0.6) is 0 Å². The normalized spacial score (nSPS) is 9.72. The highest BCUT2D eigenvalue weighted by atomic mass is 15.1. The second-order valence-corrected chi connectivity index (χ2v) is 5.25. The molecule has 1 aromatic heterocycles.